The van der Waals surface area contributed by atoms with Crippen LogP contribution in [0, 0.1) is 0 Å². The van der Waals surface area contributed by atoms with E-state index in [1.807, 2.05) is 37.3 Å². The molecule has 17 heavy (non-hydrogen) atoms. The minimum absolute atomic E-state index is 0.0311. The van der Waals surface area contributed by atoms with Gasteiger partial charge in [0.1, 0.15) is 6.04 Å². The van der Waals surface area contributed by atoms with E-state index in [9.17, 15) is 4.79 Å². The van der Waals surface area contributed by atoms with E-state index in [1.165, 1.54) is 0 Å². The lowest BCUT2D eigenvalue weighted by Gasteiger charge is -2.27. The summed E-state index contributed by atoms with van der Waals surface area (Å²) in [6, 6.07) is 9.15. The summed E-state index contributed by atoms with van der Waals surface area (Å²) >= 11 is 0. The van der Waals surface area contributed by atoms with Crippen LogP contribution >= 0.6 is 0 Å². The van der Waals surface area contributed by atoms with Crippen molar-refractivity contribution in [3.05, 3.63) is 35.9 Å². The number of rotatable bonds is 7. The van der Waals surface area contributed by atoms with Crippen molar-refractivity contribution in [2.75, 3.05) is 13.2 Å². The van der Waals surface area contributed by atoms with Crippen molar-refractivity contribution >= 4 is 5.97 Å². The highest BCUT2D eigenvalue weighted by atomic mass is 16.4. The number of carboxylic acids is 1. The minimum atomic E-state index is -0.836. The zero-order chi connectivity index (χ0) is 12.7. The summed E-state index contributed by atoms with van der Waals surface area (Å²) in [5.41, 5.74) is 1.06. The summed E-state index contributed by atoms with van der Waals surface area (Å²) in [6.45, 7) is 2.73. The van der Waals surface area contributed by atoms with Crippen molar-refractivity contribution < 1.29 is 15.0 Å². The van der Waals surface area contributed by atoms with E-state index in [1.54, 1.807) is 4.90 Å². The topological polar surface area (TPSA) is 60.8 Å². The van der Waals surface area contributed by atoms with Gasteiger partial charge in [0.2, 0.25) is 0 Å². The van der Waals surface area contributed by atoms with E-state index in [2.05, 4.69) is 0 Å². The molecule has 0 aliphatic heterocycles. The lowest BCUT2D eigenvalue weighted by atomic mass is 10.1. The average Bonchev–Trinajstić information content (AvgIpc) is 2.31. The molecule has 1 atom stereocenters. The second-order valence-electron chi connectivity index (χ2n) is 3.94. The van der Waals surface area contributed by atoms with Gasteiger partial charge in [0.15, 0.2) is 0 Å². The second kappa shape index (κ2) is 7.04. The van der Waals surface area contributed by atoms with E-state index >= 15 is 0 Å². The molecule has 4 heteroatoms. The van der Waals surface area contributed by atoms with Gasteiger partial charge in [0.25, 0.3) is 0 Å². The molecular formula is C13H19NO3. The summed E-state index contributed by atoms with van der Waals surface area (Å²) in [7, 11) is 0. The van der Waals surface area contributed by atoms with Crippen LogP contribution in [0.1, 0.15) is 18.9 Å². The molecule has 1 aromatic carbocycles. The number of benzene rings is 1. The minimum Gasteiger partial charge on any atom is -0.480 e. The number of carbonyl (C=O) groups is 1. The van der Waals surface area contributed by atoms with Gasteiger partial charge in [0.05, 0.1) is 6.61 Å². The monoisotopic (exact) mass is 237 g/mol. The van der Waals surface area contributed by atoms with Gasteiger partial charge in [-0.2, -0.15) is 0 Å². The fourth-order valence-electron chi connectivity index (χ4n) is 1.88. The molecule has 0 amide bonds. The highest BCUT2D eigenvalue weighted by Crippen LogP contribution is 2.10. The SMILES string of the molecule is CCC(C(=O)O)N(CCO)Cc1ccccc1. The third kappa shape index (κ3) is 4.17. The zero-order valence-corrected chi connectivity index (χ0v) is 10.0. The molecule has 2 N–H and O–H groups in total. The Kier molecular flexibility index (Phi) is 5.66. The molecule has 1 aromatic rings. The summed E-state index contributed by atoms with van der Waals surface area (Å²) < 4.78 is 0. The highest BCUT2D eigenvalue weighted by molar-refractivity contribution is 5.73. The largest absolute Gasteiger partial charge is 0.480 e. The molecule has 0 radical (unpaired) electrons. The Balaban J connectivity index is 2.75. The quantitative estimate of drug-likeness (QED) is 0.751. The smallest absolute Gasteiger partial charge is 0.320 e. The van der Waals surface area contributed by atoms with Crippen LogP contribution in [0.3, 0.4) is 0 Å². The molecule has 1 unspecified atom stereocenters. The average molecular weight is 237 g/mol. The molecule has 4 nitrogen and oxygen atoms in total. The maximum absolute atomic E-state index is 11.1. The molecule has 0 spiro atoms. The van der Waals surface area contributed by atoms with Gasteiger partial charge in [-0.3, -0.25) is 9.69 Å². The maximum atomic E-state index is 11.1. The Bertz CT molecular complexity index is 340. The van der Waals surface area contributed by atoms with Crippen molar-refractivity contribution in [2.45, 2.75) is 25.9 Å². The first-order chi connectivity index (χ1) is 8.19. The van der Waals surface area contributed by atoms with Crippen molar-refractivity contribution in [1.82, 2.24) is 4.90 Å². The van der Waals surface area contributed by atoms with E-state index in [0.29, 0.717) is 19.5 Å². The Hall–Kier alpha value is -1.39. The summed E-state index contributed by atoms with van der Waals surface area (Å²) in [5, 5.41) is 18.1. The molecule has 0 bridgehead atoms. The Labute approximate surface area is 101 Å². The highest BCUT2D eigenvalue weighted by Gasteiger charge is 2.23. The third-order valence-corrected chi connectivity index (χ3v) is 2.73. The van der Waals surface area contributed by atoms with Gasteiger partial charge < -0.3 is 10.2 Å². The number of aliphatic hydroxyl groups is 1. The summed E-state index contributed by atoms with van der Waals surface area (Å²) in [4.78, 5) is 12.9. The lowest BCUT2D eigenvalue weighted by molar-refractivity contribution is -0.143. The van der Waals surface area contributed by atoms with Gasteiger partial charge in [-0.15, -0.1) is 0 Å². The number of carboxylic acid groups (broad SMARTS) is 1. The van der Waals surface area contributed by atoms with Crippen LogP contribution in [-0.4, -0.2) is 40.3 Å². The lowest BCUT2D eigenvalue weighted by Crippen LogP contribution is -2.41. The predicted molar refractivity (Wildman–Crippen MR) is 65.7 cm³/mol. The van der Waals surface area contributed by atoms with Crippen LogP contribution in [0.4, 0.5) is 0 Å². The van der Waals surface area contributed by atoms with E-state index in [4.69, 9.17) is 10.2 Å². The molecule has 94 valence electrons. The van der Waals surface area contributed by atoms with Gasteiger partial charge in [-0.1, -0.05) is 37.3 Å². The number of hydrogen-bond acceptors (Lipinski definition) is 3. The number of nitrogens with zero attached hydrogens (tertiary/aromatic N) is 1. The number of aliphatic carboxylic acids is 1. The first kappa shape index (κ1) is 13.7. The molecule has 0 saturated carbocycles. The number of aliphatic hydroxyl groups excluding tert-OH is 1. The van der Waals surface area contributed by atoms with Crippen LogP contribution < -0.4 is 0 Å². The first-order valence-corrected chi connectivity index (χ1v) is 5.80. The normalized spacial score (nSPS) is 12.6. The van der Waals surface area contributed by atoms with Crippen LogP contribution in [0.5, 0.6) is 0 Å². The van der Waals surface area contributed by atoms with E-state index in [0.717, 1.165) is 5.56 Å². The van der Waals surface area contributed by atoms with E-state index < -0.39 is 12.0 Å². The van der Waals surface area contributed by atoms with Crippen LogP contribution in [0.15, 0.2) is 30.3 Å². The molecule has 0 fully saturated rings. The van der Waals surface area contributed by atoms with Gasteiger partial charge in [0, 0.05) is 13.1 Å². The van der Waals surface area contributed by atoms with E-state index in [-0.39, 0.29) is 6.61 Å². The molecular weight excluding hydrogens is 218 g/mol. The van der Waals surface area contributed by atoms with Crippen LogP contribution in [0.25, 0.3) is 0 Å². The van der Waals surface area contributed by atoms with Crippen LogP contribution in [-0.2, 0) is 11.3 Å². The summed E-state index contributed by atoms with van der Waals surface area (Å²) in [5.74, 6) is -0.836. The molecule has 0 aromatic heterocycles. The molecule has 0 heterocycles. The van der Waals surface area contributed by atoms with Gasteiger partial charge in [-0.05, 0) is 12.0 Å². The van der Waals surface area contributed by atoms with Gasteiger partial charge in [-0.25, -0.2) is 0 Å². The maximum Gasteiger partial charge on any atom is 0.320 e. The fourth-order valence-corrected chi connectivity index (χ4v) is 1.88. The molecule has 0 saturated heterocycles. The van der Waals surface area contributed by atoms with Crippen molar-refractivity contribution in [1.29, 1.82) is 0 Å². The van der Waals surface area contributed by atoms with Crippen molar-refractivity contribution in [3.8, 4) is 0 Å². The Morgan fingerprint density at radius 1 is 1.35 bits per heavy atom. The third-order valence-electron chi connectivity index (χ3n) is 2.73. The number of hydrogen-bond donors (Lipinski definition) is 2. The Morgan fingerprint density at radius 2 is 2.00 bits per heavy atom. The molecule has 0 aliphatic rings. The fraction of sp³-hybridized carbons (Fsp3) is 0.462. The van der Waals surface area contributed by atoms with Gasteiger partial charge >= 0.3 is 5.97 Å². The van der Waals surface area contributed by atoms with Crippen LogP contribution in [0.2, 0.25) is 0 Å². The first-order valence-electron chi connectivity index (χ1n) is 5.80. The van der Waals surface area contributed by atoms with Crippen molar-refractivity contribution in [2.24, 2.45) is 0 Å². The van der Waals surface area contributed by atoms with Crippen molar-refractivity contribution in [3.63, 3.8) is 0 Å². The molecule has 1 rings (SSSR count). The zero-order valence-electron chi connectivity index (χ0n) is 10.0. The molecule has 0 aliphatic carbocycles. The summed E-state index contributed by atoms with van der Waals surface area (Å²) in [6.07, 6.45) is 0.530. The second-order valence-corrected chi connectivity index (χ2v) is 3.94. The standard InChI is InChI=1S/C13H19NO3/c1-2-12(13(16)17)14(8-9-15)10-11-6-4-3-5-7-11/h3-7,12,15H,2,8-10H2,1H3,(H,16,17). The predicted octanol–water partition coefficient (Wildman–Crippen LogP) is 1.34. The Morgan fingerprint density at radius 3 is 2.47 bits per heavy atom.